The Morgan fingerprint density at radius 1 is 0.759 bits per heavy atom. The zero-order valence-corrected chi connectivity index (χ0v) is 17.4. The molecule has 0 atom stereocenters. The zero-order chi connectivity index (χ0) is 27.6. The summed E-state index contributed by atoms with van der Waals surface area (Å²) in [4.78, 5) is 0. The third-order valence-electron chi connectivity index (χ3n) is 5.32. The van der Waals surface area contributed by atoms with Crippen LogP contribution in [0.4, 0.5) is 0 Å². The molecule has 0 bridgehead atoms. The Morgan fingerprint density at radius 3 is 2.10 bits per heavy atom. The minimum Gasteiger partial charge on any atom is -0.455 e. The summed E-state index contributed by atoms with van der Waals surface area (Å²) in [5.74, 6) is 0.00322. The molecule has 0 unspecified atom stereocenters. The molecular formula is C25H13BrCl2O. The Balaban J connectivity index is 1.97. The highest BCUT2D eigenvalue weighted by Gasteiger charge is 2.51. The molecule has 0 saturated carbocycles. The number of rotatable bonds is 0. The van der Waals surface area contributed by atoms with Crippen LogP contribution >= 0.6 is 39.1 Å². The second kappa shape index (κ2) is 6.12. The van der Waals surface area contributed by atoms with Gasteiger partial charge in [-0.25, -0.2) is 0 Å². The molecule has 29 heavy (non-hydrogen) atoms. The molecule has 4 aromatic rings. The van der Waals surface area contributed by atoms with Crippen LogP contribution in [0.3, 0.4) is 0 Å². The lowest BCUT2D eigenvalue weighted by atomic mass is 9.66. The molecule has 0 fully saturated rings. The molecule has 1 nitrogen and oxygen atoms in total. The molecule has 4 heteroatoms. The van der Waals surface area contributed by atoms with Gasteiger partial charge >= 0.3 is 0 Å². The summed E-state index contributed by atoms with van der Waals surface area (Å²) in [6, 6.07) is 3.18. The SMILES string of the molecule is [2H]c1cc2c(c([2H])c1[2H])Oc1c(cc([2H])c([2H])c1Br)C21c2cc(Cl)c([2H])c([2H])c2-c2c1cc(Cl)c([2H])c2[2H]. The van der Waals surface area contributed by atoms with E-state index in [0.717, 1.165) is 0 Å². The van der Waals surface area contributed by atoms with Gasteiger partial charge in [0.15, 0.2) is 0 Å². The van der Waals surface area contributed by atoms with Crippen molar-refractivity contribution >= 4 is 39.1 Å². The van der Waals surface area contributed by atoms with Crippen molar-refractivity contribution in [2.24, 2.45) is 0 Å². The van der Waals surface area contributed by atoms with Crippen LogP contribution in [0.5, 0.6) is 11.5 Å². The van der Waals surface area contributed by atoms with Crippen LogP contribution in [0, 0.1) is 0 Å². The van der Waals surface area contributed by atoms with Gasteiger partial charge in [-0.05, 0) is 74.5 Å². The Hall–Kier alpha value is -2.26. The molecule has 0 aromatic heterocycles. The molecule has 1 aliphatic heterocycles. The van der Waals surface area contributed by atoms with Gasteiger partial charge in [0.25, 0.3) is 0 Å². The molecule has 4 aromatic carbocycles. The number of fused-ring (bicyclic) bond motifs is 9. The van der Waals surface area contributed by atoms with E-state index in [1.54, 1.807) is 0 Å². The number of benzene rings is 4. The van der Waals surface area contributed by atoms with Gasteiger partial charge in [0.05, 0.1) is 22.2 Å². The first-order valence-electron chi connectivity index (χ1n) is 13.0. The van der Waals surface area contributed by atoms with Crippen LogP contribution in [0.25, 0.3) is 11.1 Å². The highest BCUT2D eigenvalue weighted by atomic mass is 79.9. The molecule has 0 radical (unpaired) electrons. The van der Waals surface area contributed by atoms with Gasteiger partial charge in [-0.1, -0.05) is 65.5 Å². The quantitative estimate of drug-likeness (QED) is 0.209. The molecule has 140 valence electrons. The summed E-state index contributed by atoms with van der Waals surface area (Å²) in [7, 11) is 0. The molecule has 0 N–H and O–H groups in total. The van der Waals surface area contributed by atoms with Crippen LogP contribution in [-0.4, -0.2) is 0 Å². The average molecular weight is 489 g/mol. The maximum Gasteiger partial charge on any atom is 0.146 e. The van der Waals surface area contributed by atoms with Gasteiger partial charge in [0.1, 0.15) is 11.5 Å². The minimum atomic E-state index is -1.56. The largest absolute Gasteiger partial charge is 0.455 e. The minimum absolute atomic E-state index is 0.0594. The summed E-state index contributed by atoms with van der Waals surface area (Å²) >= 11 is 16.2. The van der Waals surface area contributed by atoms with Crippen molar-refractivity contribution in [1.82, 2.24) is 0 Å². The maximum atomic E-state index is 8.81. The first-order chi connectivity index (χ1) is 17.8. The van der Waals surface area contributed by atoms with Crippen molar-refractivity contribution in [3.8, 4) is 22.6 Å². The summed E-state index contributed by atoms with van der Waals surface area (Å²) in [5, 5.41) is -0.119. The third kappa shape index (κ3) is 2.23. The average Bonchev–Trinajstić information content (AvgIpc) is 3.15. The Kier molecular flexibility index (Phi) is 2.25. The topological polar surface area (TPSA) is 9.23 Å². The summed E-state index contributed by atoms with van der Waals surface area (Å²) in [6.07, 6.45) is 0. The standard InChI is InChI=1S/C25H13BrCl2O/c26-22-6-3-5-19-24(22)29-23-7-2-1-4-18(23)25(19)20-12-14(27)8-10-16(20)17-11-9-15(28)13-21(17)25/h1-13H/i1D,2D,3D,6D,7D,8D,9D,10D,11D. The molecule has 0 saturated heterocycles. The number of ether oxygens (including phenoxy) is 1. The van der Waals surface area contributed by atoms with E-state index in [1.165, 1.54) is 24.3 Å². The van der Waals surface area contributed by atoms with E-state index < -0.39 is 5.41 Å². The highest BCUT2D eigenvalue weighted by Crippen LogP contribution is 2.63. The fourth-order valence-electron chi connectivity index (χ4n) is 4.29. The van der Waals surface area contributed by atoms with E-state index in [4.69, 9.17) is 40.3 Å². The monoisotopic (exact) mass is 487 g/mol. The van der Waals surface area contributed by atoms with Crippen molar-refractivity contribution in [1.29, 1.82) is 0 Å². The van der Waals surface area contributed by atoms with E-state index >= 15 is 0 Å². The zero-order valence-electron chi connectivity index (χ0n) is 23.4. The molecule has 1 spiro atoms. The normalized spacial score (nSPS) is 18.9. The Morgan fingerprint density at radius 2 is 1.41 bits per heavy atom. The third-order valence-corrected chi connectivity index (χ3v) is 6.28. The van der Waals surface area contributed by atoms with Gasteiger partial charge in [-0.2, -0.15) is 0 Å². The summed E-state index contributed by atoms with van der Waals surface area (Å²) in [5.41, 5.74) is -0.0700. The van der Waals surface area contributed by atoms with Gasteiger partial charge < -0.3 is 4.74 Å². The molecule has 1 heterocycles. The summed E-state index contributed by atoms with van der Waals surface area (Å²) < 4.78 is 82.8. The van der Waals surface area contributed by atoms with Crippen LogP contribution < -0.4 is 4.74 Å². The van der Waals surface area contributed by atoms with E-state index in [2.05, 4.69) is 15.9 Å². The Labute approximate surface area is 199 Å². The molecule has 1 aliphatic carbocycles. The maximum absolute atomic E-state index is 8.81. The van der Waals surface area contributed by atoms with Crippen molar-refractivity contribution < 1.29 is 17.1 Å². The van der Waals surface area contributed by atoms with E-state index in [1.807, 2.05) is 0 Å². The predicted molar refractivity (Wildman–Crippen MR) is 122 cm³/mol. The van der Waals surface area contributed by atoms with E-state index in [0.29, 0.717) is 16.7 Å². The lowest BCUT2D eigenvalue weighted by Crippen LogP contribution is -2.32. The molecule has 6 rings (SSSR count). The number of hydrogen-bond donors (Lipinski definition) is 0. The first-order valence-corrected chi connectivity index (χ1v) is 10.1. The van der Waals surface area contributed by atoms with Gasteiger partial charge in [-0.15, -0.1) is 0 Å². The molecular weight excluding hydrogens is 467 g/mol. The van der Waals surface area contributed by atoms with Crippen molar-refractivity contribution in [2.45, 2.75) is 5.41 Å². The fourth-order valence-corrected chi connectivity index (χ4v) is 5.01. The highest BCUT2D eigenvalue weighted by molar-refractivity contribution is 9.10. The van der Waals surface area contributed by atoms with Crippen LogP contribution in [-0.2, 0) is 5.41 Å². The fraction of sp³-hybridized carbons (Fsp3) is 0.0400. The number of para-hydroxylation sites is 2. The number of hydrogen-bond acceptors (Lipinski definition) is 1. The van der Waals surface area contributed by atoms with Gasteiger partial charge in [-0.3, -0.25) is 0 Å². The first kappa shape index (κ1) is 10.7. The van der Waals surface area contributed by atoms with Gasteiger partial charge in [0.2, 0.25) is 0 Å². The van der Waals surface area contributed by atoms with E-state index in [-0.39, 0.29) is 97.1 Å². The van der Waals surface area contributed by atoms with Crippen LogP contribution in [0.15, 0.2) is 83.1 Å². The second-order valence-electron chi connectivity index (χ2n) is 6.67. The lowest BCUT2D eigenvalue weighted by molar-refractivity contribution is 0.433. The lowest BCUT2D eigenvalue weighted by Gasteiger charge is -2.39. The van der Waals surface area contributed by atoms with Crippen LogP contribution in [0.2, 0.25) is 10.0 Å². The Bertz CT molecular complexity index is 1660. The summed E-state index contributed by atoms with van der Waals surface area (Å²) in [6.45, 7) is 0. The molecule has 0 amide bonds. The predicted octanol–water partition coefficient (Wildman–Crippen LogP) is 8.22. The number of halogens is 3. The second-order valence-corrected chi connectivity index (χ2v) is 8.27. The smallest absolute Gasteiger partial charge is 0.146 e. The van der Waals surface area contributed by atoms with Crippen molar-refractivity contribution in [3.63, 3.8) is 0 Å². The molecule has 2 aliphatic rings. The van der Waals surface area contributed by atoms with Crippen molar-refractivity contribution in [2.75, 3.05) is 0 Å². The van der Waals surface area contributed by atoms with E-state index in [9.17, 15) is 0 Å². The van der Waals surface area contributed by atoms with Crippen molar-refractivity contribution in [3.05, 3.63) is 115 Å². The van der Waals surface area contributed by atoms with Gasteiger partial charge in [0, 0.05) is 21.2 Å². The van der Waals surface area contributed by atoms with Crippen LogP contribution in [0.1, 0.15) is 34.6 Å².